The van der Waals surface area contributed by atoms with E-state index in [0.717, 1.165) is 28.6 Å². The Kier molecular flexibility index (Phi) is 4.41. The second-order valence-electron chi connectivity index (χ2n) is 5.38. The van der Waals surface area contributed by atoms with Gasteiger partial charge in [0.2, 0.25) is 15.9 Å². The van der Waals surface area contributed by atoms with Crippen LogP contribution in [-0.2, 0) is 16.2 Å². The number of pyridine rings is 1. The molecular weight excluding hydrogens is 364 g/mol. The molecule has 2 aromatic rings. The normalized spacial score (nSPS) is 16.5. The first-order valence-electron chi connectivity index (χ1n) is 7.13. The van der Waals surface area contributed by atoms with E-state index in [1.165, 1.54) is 18.2 Å². The highest BCUT2D eigenvalue weighted by atomic mass is 32.2. The van der Waals surface area contributed by atoms with Crippen molar-refractivity contribution in [3.63, 3.8) is 0 Å². The van der Waals surface area contributed by atoms with Crippen LogP contribution in [0.4, 0.5) is 17.6 Å². The number of alkyl halides is 3. The Morgan fingerprint density at radius 2 is 1.80 bits per heavy atom. The van der Waals surface area contributed by atoms with Crippen LogP contribution in [0.2, 0.25) is 0 Å². The third-order valence-corrected chi connectivity index (χ3v) is 5.38. The minimum Gasteiger partial charge on any atom is -0.472 e. The average Bonchev–Trinajstić information content (AvgIpc) is 2.50. The summed E-state index contributed by atoms with van der Waals surface area (Å²) in [4.78, 5) is 3.17. The Balaban J connectivity index is 1.65. The van der Waals surface area contributed by atoms with Gasteiger partial charge in [-0.1, -0.05) is 12.1 Å². The number of hydrogen-bond donors (Lipinski definition) is 0. The second kappa shape index (κ2) is 6.26. The molecule has 1 aliphatic rings. The molecule has 1 saturated heterocycles. The van der Waals surface area contributed by atoms with Crippen molar-refractivity contribution < 1.29 is 30.7 Å². The molecule has 0 unspecified atom stereocenters. The van der Waals surface area contributed by atoms with Crippen molar-refractivity contribution in [1.29, 1.82) is 0 Å². The summed E-state index contributed by atoms with van der Waals surface area (Å²) < 4.78 is 81.9. The maximum Gasteiger partial charge on any atom is 0.433 e. The molecule has 0 atom stereocenters. The maximum absolute atomic E-state index is 13.2. The lowest BCUT2D eigenvalue weighted by Gasteiger charge is -2.37. The van der Waals surface area contributed by atoms with Gasteiger partial charge in [-0.25, -0.2) is 17.8 Å². The molecule has 1 fully saturated rings. The molecule has 0 aliphatic carbocycles. The first-order valence-corrected chi connectivity index (χ1v) is 8.57. The van der Waals surface area contributed by atoms with Gasteiger partial charge in [0.15, 0.2) is 0 Å². The van der Waals surface area contributed by atoms with Crippen LogP contribution in [-0.4, -0.2) is 36.9 Å². The average molecular weight is 376 g/mol. The molecule has 2 heterocycles. The number of nitrogens with zero attached hydrogens (tertiary/aromatic N) is 2. The molecule has 0 saturated carbocycles. The molecule has 0 amide bonds. The van der Waals surface area contributed by atoms with Crippen LogP contribution in [0.3, 0.4) is 0 Å². The molecular formula is C15H12F4N2O3S. The fourth-order valence-electron chi connectivity index (χ4n) is 2.26. The van der Waals surface area contributed by atoms with E-state index >= 15 is 0 Å². The topological polar surface area (TPSA) is 59.5 Å². The van der Waals surface area contributed by atoms with Gasteiger partial charge < -0.3 is 4.74 Å². The molecule has 3 rings (SSSR count). The number of ether oxygens (including phenoxy) is 1. The summed E-state index contributed by atoms with van der Waals surface area (Å²) in [5.41, 5.74) is -1.09. The molecule has 5 nitrogen and oxygen atoms in total. The minimum absolute atomic E-state index is 0.0588. The fourth-order valence-corrected chi connectivity index (χ4v) is 3.79. The maximum atomic E-state index is 13.2. The molecule has 1 aromatic carbocycles. The van der Waals surface area contributed by atoms with Gasteiger partial charge in [0.1, 0.15) is 17.6 Å². The van der Waals surface area contributed by atoms with Gasteiger partial charge >= 0.3 is 6.18 Å². The summed E-state index contributed by atoms with van der Waals surface area (Å²) >= 11 is 0. The Morgan fingerprint density at radius 1 is 1.12 bits per heavy atom. The minimum atomic E-state index is -4.59. The zero-order chi connectivity index (χ0) is 18.2. The summed E-state index contributed by atoms with van der Waals surface area (Å²) in [7, 11) is -3.87. The van der Waals surface area contributed by atoms with E-state index in [-0.39, 0.29) is 23.9 Å². The van der Waals surface area contributed by atoms with Gasteiger partial charge in [-0.2, -0.15) is 17.5 Å². The van der Waals surface area contributed by atoms with Crippen molar-refractivity contribution >= 4 is 10.0 Å². The second-order valence-corrected chi connectivity index (χ2v) is 7.32. The van der Waals surface area contributed by atoms with E-state index in [1.807, 2.05) is 0 Å². The molecule has 1 aliphatic heterocycles. The Bertz CT molecular complexity index is 880. The lowest BCUT2D eigenvalue weighted by Crippen LogP contribution is -2.56. The van der Waals surface area contributed by atoms with Crippen LogP contribution >= 0.6 is 0 Å². The first kappa shape index (κ1) is 17.6. The van der Waals surface area contributed by atoms with Crippen LogP contribution in [0.5, 0.6) is 5.88 Å². The summed E-state index contributed by atoms with van der Waals surface area (Å²) in [5.74, 6) is -0.912. The standard InChI is InChI=1S/C15H12F4N2O3S/c16-10-3-1-4-12(7-10)25(22,23)21-8-11(9-21)24-14-6-2-5-13(20-14)15(17,18)19/h1-7,11H,8-9H2. The predicted molar refractivity (Wildman–Crippen MR) is 78.8 cm³/mol. The third-order valence-electron chi connectivity index (χ3n) is 3.55. The fraction of sp³-hybridized carbons (Fsp3) is 0.267. The Labute approximate surface area is 140 Å². The van der Waals surface area contributed by atoms with Crippen molar-refractivity contribution in [2.45, 2.75) is 17.2 Å². The lowest BCUT2D eigenvalue weighted by atomic mass is 10.2. The van der Waals surface area contributed by atoms with Crippen molar-refractivity contribution in [3.8, 4) is 5.88 Å². The molecule has 0 radical (unpaired) electrons. The number of halogens is 4. The van der Waals surface area contributed by atoms with E-state index in [9.17, 15) is 26.0 Å². The first-order chi connectivity index (χ1) is 11.7. The van der Waals surface area contributed by atoms with Crippen molar-refractivity contribution in [2.24, 2.45) is 0 Å². The van der Waals surface area contributed by atoms with Gasteiger partial charge in [0.25, 0.3) is 0 Å². The highest BCUT2D eigenvalue weighted by molar-refractivity contribution is 7.89. The van der Waals surface area contributed by atoms with E-state index in [2.05, 4.69) is 4.98 Å². The van der Waals surface area contributed by atoms with Crippen LogP contribution in [0.25, 0.3) is 0 Å². The van der Waals surface area contributed by atoms with E-state index in [1.54, 1.807) is 0 Å². The molecule has 0 bridgehead atoms. The Morgan fingerprint density at radius 3 is 2.44 bits per heavy atom. The number of hydrogen-bond acceptors (Lipinski definition) is 4. The van der Waals surface area contributed by atoms with Crippen molar-refractivity contribution in [3.05, 3.63) is 54.0 Å². The monoisotopic (exact) mass is 376 g/mol. The van der Waals surface area contributed by atoms with Crippen LogP contribution in [0.1, 0.15) is 5.69 Å². The van der Waals surface area contributed by atoms with Crippen LogP contribution in [0.15, 0.2) is 47.4 Å². The summed E-state index contributed by atoms with van der Waals surface area (Å²) in [6, 6.07) is 7.81. The smallest absolute Gasteiger partial charge is 0.433 e. The van der Waals surface area contributed by atoms with Gasteiger partial charge in [-0.05, 0) is 24.3 Å². The number of sulfonamides is 1. The number of benzene rings is 1. The summed E-state index contributed by atoms with van der Waals surface area (Å²) in [6.45, 7) is -0.118. The zero-order valence-corrected chi connectivity index (χ0v) is 13.4. The van der Waals surface area contributed by atoms with E-state index in [0.29, 0.717) is 0 Å². The highest BCUT2D eigenvalue weighted by Gasteiger charge is 2.39. The lowest BCUT2D eigenvalue weighted by molar-refractivity contribution is -0.141. The summed E-state index contributed by atoms with van der Waals surface area (Å²) in [6.07, 6.45) is -5.22. The van der Waals surface area contributed by atoms with Crippen molar-refractivity contribution in [2.75, 3.05) is 13.1 Å². The molecule has 10 heteroatoms. The quantitative estimate of drug-likeness (QED) is 0.770. The highest BCUT2D eigenvalue weighted by Crippen LogP contribution is 2.30. The van der Waals surface area contributed by atoms with Crippen LogP contribution < -0.4 is 4.74 Å². The number of rotatable bonds is 4. The number of aromatic nitrogens is 1. The van der Waals surface area contributed by atoms with Gasteiger partial charge in [-0.15, -0.1) is 0 Å². The molecule has 25 heavy (non-hydrogen) atoms. The van der Waals surface area contributed by atoms with E-state index in [4.69, 9.17) is 4.74 Å². The Hall–Kier alpha value is -2.20. The summed E-state index contributed by atoms with van der Waals surface area (Å²) in [5, 5.41) is 0. The predicted octanol–water partition coefficient (Wildman–Crippen LogP) is 2.69. The SMILES string of the molecule is O=S(=O)(c1cccc(F)c1)N1CC(Oc2cccc(C(F)(F)F)n2)C1. The molecule has 0 N–H and O–H groups in total. The zero-order valence-electron chi connectivity index (χ0n) is 12.6. The molecule has 134 valence electrons. The largest absolute Gasteiger partial charge is 0.472 e. The van der Waals surface area contributed by atoms with Crippen LogP contribution in [0, 0.1) is 5.82 Å². The molecule has 0 spiro atoms. The van der Waals surface area contributed by atoms with Gasteiger partial charge in [0.05, 0.1) is 18.0 Å². The molecule has 1 aromatic heterocycles. The van der Waals surface area contributed by atoms with Gasteiger partial charge in [-0.3, -0.25) is 0 Å². The van der Waals surface area contributed by atoms with E-state index < -0.39 is 33.8 Å². The third kappa shape index (κ3) is 3.74. The van der Waals surface area contributed by atoms with Gasteiger partial charge in [0, 0.05) is 6.07 Å². The van der Waals surface area contributed by atoms with Crippen molar-refractivity contribution in [1.82, 2.24) is 9.29 Å².